The lowest BCUT2D eigenvalue weighted by Gasteiger charge is -2.40. The van der Waals surface area contributed by atoms with E-state index in [4.69, 9.17) is 0 Å². The lowest BCUT2D eigenvalue weighted by molar-refractivity contribution is 0.191. The number of fused-ring (bicyclic) bond motifs is 1. The predicted octanol–water partition coefficient (Wildman–Crippen LogP) is 2.77. The monoisotopic (exact) mass is 251 g/mol. The molecule has 2 heteroatoms. The molecule has 1 aromatic rings. The number of nitrogens with one attached hydrogen (secondary N) is 1. The van der Waals surface area contributed by atoms with E-state index in [9.17, 15) is 0 Å². The van der Waals surface area contributed by atoms with Crippen molar-refractivity contribution in [3.05, 3.63) is 34.3 Å². The second-order valence-electron chi connectivity index (χ2n) is 4.48. The fraction of sp³-hybridized carbons (Fsp3) is 0.500. The molecule has 1 nitrogen and oxygen atoms in total. The molecule has 1 N–H and O–H groups in total. The van der Waals surface area contributed by atoms with Crippen molar-refractivity contribution in [1.29, 1.82) is 0 Å². The van der Waals surface area contributed by atoms with Crippen LogP contribution in [0.1, 0.15) is 17.9 Å². The molecule has 3 atom stereocenters. The summed E-state index contributed by atoms with van der Waals surface area (Å²) in [5, 5.41) is 3.49. The van der Waals surface area contributed by atoms with Crippen molar-refractivity contribution in [1.82, 2.24) is 5.32 Å². The Morgan fingerprint density at radius 2 is 2.21 bits per heavy atom. The minimum Gasteiger partial charge on any atom is -0.316 e. The Labute approximate surface area is 93.0 Å². The van der Waals surface area contributed by atoms with Crippen LogP contribution in [0.4, 0.5) is 0 Å². The third-order valence-electron chi connectivity index (χ3n) is 3.74. The van der Waals surface area contributed by atoms with Gasteiger partial charge in [-0.25, -0.2) is 0 Å². The Bertz CT molecular complexity index is 350. The number of halogens is 1. The molecule has 1 saturated heterocycles. The van der Waals surface area contributed by atoms with Crippen LogP contribution in [0.3, 0.4) is 0 Å². The van der Waals surface area contributed by atoms with Crippen LogP contribution in [0.15, 0.2) is 28.7 Å². The topological polar surface area (TPSA) is 12.0 Å². The van der Waals surface area contributed by atoms with Crippen molar-refractivity contribution in [3.8, 4) is 0 Å². The molecule has 14 heavy (non-hydrogen) atoms. The standard InChI is InChI=1S/C12H14BrN/c13-10-3-1-2-8(4-10)11-5-9-6-14-7-12(9)11/h1-4,9,11-12,14H,5-7H2/t9-,11+,12-/m1/s1. The van der Waals surface area contributed by atoms with Crippen LogP contribution in [-0.2, 0) is 0 Å². The third-order valence-corrected chi connectivity index (χ3v) is 4.24. The van der Waals surface area contributed by atoms with Crippen molar-refractivity contribution in [2.24, 2.45) is 11.8 Å². The highest BCUT2D eigenvalue weighted by atomic mass is 79.9. The second-order valence-corrected chi connectivity index (χ2v) is 5.40. The van der Waals surface area contributed by atoms with Crippen LogP contribution in [0.5, 0.6) is 0 Å². The van der Waals surface area contributed by atoms with E-state index in [1.807, 2.05) is 0 Å². The maximum absolute atomic E-state index is 3.54. The molecule has 1 aliphatic heterocycles. The molecule has 0 amide bonds. The van der Waals surface area contributed by atoms with Gasteiger partial charge in [-0.15, -0.1) is 0 Å². The number of hydrogen-bond acceptors (Lipinski definition) is 1. The Balaban J connectivity index is 1.83. The zero-order valence-electron chi connectivity index (χ0n) is 8.04. The number of rotatable bonds is 1. The van der Waals surface area contributed by atoms with E-state index < -0.39 is 0 Å². The smallest absolute Gasteiger partial charge is 0.0178 e. The SMILES string of the molecule is Brc1cccc([C@@H]2C[C@@H]3CNC[C@H]32)c1. The summed E-state index contributed by atoms with van der Waals surface area (Å²) in [6.07, 6.45) is 1.38. The van der Waals surface area contributed by atoms with Gasteiger partial charge in [0.25, 0.3) is 0 Å². The van der Waals surface area contributed by atoms with Gasteiger partial charge in [0.05, 0.1) is 0 Å². The molecule has 0 bridgehead atoms. The first-order valence-corrected chi connectivity index (χ1v) is 6.10. The Morgan fingerprint density at radius 3 is 3.00 bits per heavy atom. The largest absolute Gasteiger partial charge is 0.316 e. The summed E-state index contributed by atoms with van der Waals surface area (Å²) in [6.45, 7) is 2.47. The molecule has 3 rings (SSSR count). The van der Waals surface area contributed by atoms with Gasteiger partial charge >= 0.3 is 0 Å². The number of benzene rings is 1. The molecule has 74 valence electrons. The second kappa shape index (κ2) is 3.35. The quantitative estimate of drug-likeness (QED) is 0.810. The fourth-order valence-corrected chi connectivity index (χ4v) is 3.32. The van der Waals surface area contributed by atoms with E-state index in [-0.39, 0.29) is 0 Å². The molecule has 0 radical (unpaired) electrons. The Morgan fingerprint density at radius 1 is 1.29 bits per heavy atom. The summed E-state index contributed by atoms with van der Waals surface area (Å²) in [6, 6.07) is 8.80. The van der Waals surface area contributed by atoms with Gasteiger partial charge < -0.3 is 5.32 Å². The molecule has 0 spiro atoms. The Kier molecular flexibility index (Phi) is 2.14. The van der Waals surface area contributed by atoms with Crippen molar-refractivity contribution in [2.45, 2.75) is 12.3 Å². The summed E-state index contributed by atoms with van der Waals surface area (Å²) in [7, 11) is 0. The van der Waals surface area contributed by atoms with E-state index in [1.165, 1.54) is 29.5 Å². The molecule has 0 unspecified atom stereocenters. The molecule has 1 aliphatic carbocycles. The summed E-state index contributed by atoms with van der Waals surface area (Å²) in [4.78, 5) is 0. The van der Waals surface area contributed by atoms with Crippen molar-refractivity contribution < 1.29 is 0 Å². The van der Waals surface area contributed by atoms with E-state index in [2.05, 4.69) is 45.5 Å². The van der Waals surface area contributed by atoms with Crippen molar-refractivity contribution >= 4 is 15.9 Å². The van der Waals surface area contributed by atoms with Gasteiger partial charge in [0.2, 0.25) is 0 Å². The molecule has 1 aromatic carbocycles. The van der Waals surface area contributed by atoms with Gasteiger partial charge in [-0.2, -0.15) is 0 Å². The zero-order valence-corrected chi connectivity index (χ0v) is 9.63. The average molecular weight is 252 g/mol. The van der Waals surface area contributed by atoms with E-state index in [0.717, 1.165) is 17.8 Å². The first-order valence-electron chi connectivity index (χ1n) is 5.31. The molecule has 1 saturated carbocycles. The first-order chi connectivity index (χ1) is 6.84. The van der Waals surface area contributed by atoms with E-state index in [1.54, 1.807) is 0 Å². The molecule has 2 aliphatic rings. The van der Waals surface area contributed by atoms with Gasteiger partial charge in [-0.05, 0) is 55.0 Å². The molecule has 0 aromatic heterocycles. The van der Waals surface area contributed by atoms with Crippen LogP contribution in [-0.4, -0.2) is 13.1 Å². The zero-order chi connectivity index (χ0) is 9.54. The lowest BCUT2D eigenvalue weighted by Crippen LogP contribution is -2.33. The molecular weight excluding hydrogens is 238 g/mol. The number of hydrogen-bond donors (Lipinski definition) is 1. The highest BCUT2D eigenvalue weighted by Gasteiger charge is 2.44. The van der Waals surface area contributed by atoms with Gasteiger partial charge in [0.15, 0.2) is 0 Å². The van der Waals surface area contributed by atoms with Crippen LogP contribution >= 0.6 is 15.9 Å². The van der Waals surface area contributed by atoms with Crippen LogP contribution < -0.4 is 5.32 Å². The minimum absolute atomic E-state index is 0.812. The average Bonchev–Trinajstić information content (AvgIpc) is 2.48. The van der Waals surface area contributed by atoms with Crippen molar-refractivity contribution in [3.63, 3.8) is 0 Å². The predicted molar refractivity (Wildman–Crippen MR) is 61.3 cm³/mol. The minimum atomic E-state index is 0.812. The molecule has 1 heterocycles. The molecular formula is C12H14BrN. The van der Waals surface area contributed by atoms with Gasteiger partial charge in [-0.3, -0.25) is 0 Å². The van der Waals surface area contributed by atoms with Crippen LogP contribution in [0.2, 0.25) is 0 Å². The maximum atomic E-state index is 3.54. The molecule has 2 fully saturated rings. The summed E-state index contributed by atoms with van der Waals surface area (Å²) >= 11 is 3.54. The normalized spacial score (nSPS) is 35.1. The summed E-state index contributed by atoms with van der Waals surface area (Å²) in [5.41, 5.74) is 1.52. The fourth-order valence-electron chi connectivity index (χ4n) is 2.91. The lowest BCUT2D eigenvalue weighted by atomic mass is 9.64. The van der Waals surface area contributed by atoms with Crippen LogP contribution in [0, 0.1) is 11.8 Å². The highest BCUT2D eigenvalue weighted by Crippen LogP contribution is 2.49. The van der Waals surface area contributed by atoms with Gasteiger partial charge in [0.1, 0.15) is 0 Å². The Hall–Kier alpha value is -0.340. The van der Waals surface area contributed by atoms with Crippen molar-refractivity contribution in [2.75, 3.05) is 13.1 Å². The first kappa shape index (κ1) is 8.93. The third kappa shape index (κ3) is 1.32. The summed E-state index contributed by atoms with van der Waals surface area (Å²) in [5.74, 6) is 2.68. The van der Waals surface area contributed by atoms with Gasteiger partial charge in [0, 0.05) is 4.47 Å². The van der Waals surface area contributed by atoms with Crippen LogP contribution in [0.25, 0.3) is 0 Å². The summed E-state index contributed by atoms with van der Waals surface area (Å²) < 4.78 is 1.21. The van der Waals surface area contributed by atoms with Gasteiger partial charge in [-0.1, -0.05) is 28.1 Å². The van der Waals surface area contributed by atoms with E-state index >= 15 is 0 Å². The maximum Gasteiger partial charge on any atom is 0.0178 e. The highest BCUT2D eigenvalue weighted by molar-refractivity contribution is 9.10. The van der Waals surface area contributed by atoms with E-state index in [0.29, 0.717) is 0 Å².